The lowest BCUT2D eigenvalue weighted by molar-refractivity contribution is 1.13. The van der Waals surface area contributed by atoms with Crippen LogP contribution in [0.3, 0.4) is 0 Å². The molecule has 7 heteroatoms. The zero-order chi connectivity index (χ0) is 12.5. The summed E-state index contributed by atoms with van der Waals surface area (Å²) >= 11 is 1.72. The minimum Gasteiger partial charge on any atom is -0.368 e. The van der Waals surface area contributed by atoms with Crippen molar-refractivity contribution < 1.29 is 0 Å². The molecule has 0 aliphatic heterocycles. The lowest BCUT2D eigenvalue weighted by Crippen LogP contribution is -2.04. The molecule has 3 heterocycles. The van der Waals surface area contributed by atoms with Gasteiger partial charge < -0.3 is 16.0 Å². The fourth-order valence-electron chi connectivity index (χ4n) is 1.73. The lowest BCUT2D eigenvalue weighted by Gasteiger charge is -2.05. The molecule has 18 heavy (non-hydrogen) atoms. The number of aromatic nitrogens is 4. The van der Waals surface area contributed by atoms with Crippen LogP contribution in [0, 0.1) is 6.92 Å². The molecule has 0 fully saturated rings. The maximum absolute atomic E-state index is 5.64. The fraction of sp³-hybridized carbons (Fsp3) is 0.182. The Morgan fingerprint density at radius 1 is 1.44 bits per heavy atom. The van der Waals surface area contributed by atoms with Crippen molar-refractivity contribution in [3.05, 3.63) is 28.2 Å². The van der Waals surface area contributed by atoms with Crippen LogP contribution in [-0.4, -0.2) is 19.9 Å². The molecule has 4 N–H and O–H groups in total. The molecule has 0 aromatic carbocycles. The van der Waals surface area contributed by atoms with Crippen LogP contribution in [0.4, 0.5) is 11.8 Å². The molecule has 0 atom stereocenters. The predicted octanol–water partition coefficient (Wildman–Crippen LogP) is 1.92. The number of anilines is 2. The van der Waals surface area contributed by atoms with Gasteiger partial charge in [-0.2, -0.15) is 9.97 Å². The van der Waals surface area contributed by atoms with Crippen molar-refractivity contribution in [3.63, 3.8) is 0 Å². The van der Waals surface area contributed by atoms with Gasteiger partial charge in [0.05, 0.1) is 12.9 Å². The first kappa shape index (κ1) is 11.0. The first-order chi connectivity index (χ1) is 8.72. The maximum Gasteiger partial charge on any atom is 0.224 e. The minimum atomic E-state index is 0.222. The van der Waals surface area contributed by atoms with Crippen LogP contribution in [0.15, 0.2) is 17.8 Å². The third kappa shape index (κ3) is 2.00. The largest absolute Gasteiger partial charge is 0.368 e. The summed E-state index contributed by atoms with van der Waals surface area (Å²) in [6.45, 7) is 2.79. The Balaban J connectivity index is 1.87. The molecule has 0 spiro atoms. The molecule has 3 aromatic heterocycles. The molecule has 0 radical (unpaired) electrons. The standard InChI is InChI=1S/C11H12N6S/c1-6-2-7(18-4-6)3-13-9-8-10(15-5-14-8)17-11(12)16-9/h2,4-5H,3H2,1H3,(H4,12,13,14,15,16,17). The van der Waals surface area contributed by atoms with Gasteiger partial charge in [-0.15, -0.1) is 11.3 Å². The number of nitrogens with zero attached hydrogens (tertiary/aromatic N) is 3. The minimum absolute atomic E-state index is 0.222. The highest BCUT2D eigenvalue weighted by atomic mass is 32.1. The number of nitrogens with one attached hydrogen (secondary N) is 2. The van der Waals surface area contributed by atoms with Crippen LogP contribution < -0.4 is 11.1 Å². The highest BCUT2D eigenvalue weighted by Crippen LogP contribution is 2.20. The fourth-order valence-corrected chi connectivity index (χ4v) is 2.55. The molecule has 3 rings (SSSR count). The van der Waals surface area contributed by atoms with Gasteiger partial charge in [-0.3, -0.25) is 0 Å². The molecular weight excluding hydrogens is 248 g/mol. The van der Waals surface area contributed by atoms with E-state index in [1.807, 2.05) is 0 Å². The molecule has 0 unspecified atom stereocenters. The number of aromatic amines is 1. The number of H-pyrrole nitrogens is 1. The van der Waals surface area contributed by atoms with E-state index in [0.717, 1.165) is 5.52 Å². The number of thiophene rings is 1. The molecule has 0 bridgehead atoms. The smallest absolute Gasteiger partial charge is 0.224 e. The summed E-state index contributed by atoms with van der Waals surface area (Å²) in [6.07, 6.45) is 1.58. The third-order valence-electron chi connectivity index (χ3n) is 2.52. The number of imidazole rings is 1. The molecular formula is C11H12N6S. The Bertz CT molecular complexity index is 686. The number of hydrogen-bond acceptors (Lipinski definition) is 6. The van der Waals surface area contributed by atoms with Crippen molar-refractivity contribution in [3.8, 4) is 0 Å². The van der Waals surface area contributed by atoms with Crippen LogP contribution >= 0.6 is 11.3 Å². The molecule has 3 aromatic rings. The van der Waals surface area contributed by atoms with Crippen LogP contribution in [0.25, 0.3) is 11.2 Å². The number of hydrogen-bond donors (Lipinski definition) is 3. The van der Waals surface area contributed by atoms with Gasteiger partial charge in [-0.1, -0.05) is 0 Å². The summed E-state index contributed by atoms with van der Waals surface area (Å²) in [7, 11) is 0. The number of nitrogen functional groups attached to an aromatic ring is 1. The van der Waals surface area contributed by atoms with E-state index in [-0.39, 0.29) is 5.95 Å². The highest BCUT2D eigenvalue weighted by molar-refractivity contribution is 7.10. The quantitative estimate of drug-likeness (QED) is 0.669. The zero-order valence-corrected chi connectivity index (χ0v) is 10.6. The Kier molecular flexibility index (Phi) is 2.60. The van der Waals surface area contributed by atoms with Crippen molar-refractivity contribution in [1.29, 1.82) is 0 Å². The predicted molar refractivity (Wildman–Crippen MR) is 72.5 cm³/mol. The van der Waals surface area contributed by atoms with Crippen molar-refractivity contribution in [2.75, 3.05) is 11.1 Å². The van der Waals surface area contributed by atoms with E-state index in [4.69, 9.17) is 5.73 Å². The van der Waals surface area contributed by atoms with Gasteiger partial charge in [0, 0.05) is 4.88 Å². The molecule has 0 aliphatic carbocycles. The topological polar surface area (TPSA) is 92.5 Å². The van der Waals surface area contributed by atoms with Gasteiger partial charge in [0.1, 0.15) is 5.52 Å². The summed E-state index contributed by atoms with van der Waals surface area (Å²) in [5.74, 6) is 0.903. The first-order valence-corrected chi connectivity index (χ1v) is 6.35. The Labute approximate surface area is 107 Å². The van der Waals surface area contributed by atoms with Gasteiger partial charge in [-0.05, 0) is 23.9 Å². The van der Waals surface area contributed by atoms with Crippen LogP contribution in [0.2, 0.25) is 0 Å². The molecule has 0 saturated carbocycles. The van der Waals surface area contributed by atoms with Crippen molar-refractivity contribution in [2.24, 2.45) is 0 Å². The molecule has 0 saturated heterocycles. The van der Waals surface area contributed by atoms with Crippen LogP contribution in [0.1, 0.15) is 10.4 Å². The van der Waals surface area contributed by atoms with E-state index < -0.39 is 0 Å². The summed E-state index contributed by atoms with van der Waals surface area (Å²) in [4.78, 5) is 16.6. The average molecular weight is 260 g/mol. The van der Waals surface area contributed by atoms with Crippen LogP contribution in [-0.2, 0) is 6.54 Å². The maximum atomic E-state index is 5.64. The number of nitrogens with two attached hydrogens (primary N) is 1. The van der Waals surface area contributed by atoms with E-state index in [2.05, 4.69) is 43.6 Å². The zero-order valence-electron chi connectivity index (χ0n) is 9.77. The van der Waals surface area contributed by atoms with Gasteiger partial charge in [-0.25, -0.2) is 4.98 Å². The lowest BCUT2D eigenvalue weighted by atomic mass is 10.3. The van der Waals surface area contributed by atoms with Crippen LogP contribution in [0.5, 0.6) is 0 Å². The second kappa shape index (κ2) is 4.26. The van der Waals surface area contributed by atoms with E-state index in [0.29, 0.717) is 18.0 Å². The van der Waals surface area contributed by atoms with Crippen molar-refractivity contribution in [1.82, 2.24) is 19.9 Å². The Hall–Kier alpha value is -2.15. The third-order valence-corrected chi connectivity index (χ3v) is 3.57. The average Bonchev–Trinajstić information content (AvgIpc) is 2.94. The van der Waals surface area contributed by atoms with Gasteiger partial charge in [0.15, 0.2) is 11.5 Å². The van der Waals surface area contributed by atoms with E-state index in [1.165, 1.54) is 10.4 Å². The molecule has 0 aliphatic rings. The van der Waals surface area contributed by atoms with Crippen molar-refractivity contribution in [2.45, 2.75) is 13.5 Å². The van der Waals surface area contributed by atoms with Gasteiger partial charge in [0.25, 0.3) is 0 Å². The second-order valence-corrected chi connectivity index (χ2v) is 4.97. The normalized spacial score (nSPS) is 10.9. The SMILES string of the molecule is Cc1csc(CNc2nc(N)nc3nc[nH]c23)c1. The Morgan fingerprint density at radius 2 is 2.33 bits per heavy atom. The summed E-state index contributed by atoms with van der Waals surface area (Å²) in [5.41, 5.74) is 8.26. The van der Waals surface area contributed by atoms with E-state index >= 15 is 0 Å². The summed E-state index contributed by atoms with van der Waals surface area (Å²) in [5, 5.41) is 5.37. The van der Waals surface area contributed by atoms with Crippen molar-refractivity contribution >= 4 is 34.3 Å². The van der Waals surface area contributed by atoms with Gasteiger partial charge >= 0.3 is 0 Å². The monoisotopic (exact) mass is 260 g/mol. The summed E-state index contributed by atoms with van der Waals surface area (Å²) < 4.78 is 0. The number of fused-ring (bicyclic) bond motifs is 1. The van der Waals surface area contributed by atoms with E-state index in [9.17, 15) is 0 Å². The molecule has 92 valence electrons. The second-order valence-electron chi connectivity index (χ2n) is 3.98. The van der Waals surface area contributed by atoms with E-state index in [1.54, 1.807) is 17.7 Å². The Morgan fingerprint density at radius 3 is 3.11 bits per heavy atom. The first-order valence-electron chi connectivity index (χ1n) is 5.47. The molecule has 6 nitrogen and oxygen atoms in total. The highest BCUT2D eigenvalue weighted by Gasteiger charge is 2.08. The van der Waals surface area contributed by atoms with Gasteiger partial charge in [0.2, 0.25) is 5.95 Å². The number of rotatable bonds is 3. The summed E-state index contributed by atoms with van der Waals surface area (Å²) in [6, 6.07) is 2.15. The number of aryl methyl sites for hydroxylation is 1. The molecule has 0 amide bonds.